The van der Waals surface area contributed by atoms with E-state index in [9.17, 15) is 5.11 Å². The Balaban J connectivity index is 1.96. The lowest BCUT2D eigenvalue weighted by molar-refractivity contribution is 0.0722. The molecule has 4 nitrogen and oxygen atoms in total. The highest BCUT2D eigenvalue weighted by atomic mass is 16.5. The molecular weight excluding hydrogens is 242 g/mol. The van der Waals surface area contributed by atoms with Crippen LogP contribution in [0.15, 0.2) is 18.2 Å². The zero-order valence-corrected chi connectivity index (χ0v) is 11.8. The number of phenols is 1. The molecule has 2 rings (SSSR count). The smallest absolute Gasteiger partial charge is 0.123 e. The average Bonchev–Trinajstić information content (AvgIpc) is 2.92. The van der Waals surface area contributed by atoms with E-state index in [4.69, 9.17) is 9.47 Å². The van der Waals surface area contributed by atoms with E-state index in [1.165, 1.54) is 0 Å². The summed E-state index contributed by atoms with van der Waals surface area (Å²) in [4.78, 5) is 2.30. The minimum absolute atomic E-state index is 0.296. The van der Waals surface area contributed by atoms with Crippen LogP contribution in [-0.4, -0.2) is 42.9 Å². The first-order valence-electron chi connectivity index (χ1n) is 6.92. The summed E-state index contributed by atoms with van der Waals surface area (Å²) >= 11 is 0. The number of nitrogens with zero attached hydrogens (tertiary/aromatic N) is 1. The Bertz CT molecular complexity index is 402. The molecule has 0 aliphatic carbocycles. The number of aromatic hydroxyl groups is 1. The number of ether oxygens (including phenoxy) is 2. The molecule has 1 unspecified atom stereocenters. The minimum Gasteiger partial charge on any atom is -0.507 e. The quantitative estimate of drug-likeness (QED) is 0.857. The van der Waals surface area contributed by atoms with E-state index < -0.39 is 0 Å². The third kappa shape index (κ3) is 3.85. The Morgan fingerprint density at radius 3 is 2.89 bits per heavy atom. The molecule has 19 heavy (non-hydrogen) atoms. The van der Waals surface area contributed by atoms with E-state index in [1.807, 2.05) is 12.1 Å². The summed E-state index contributed by atoms with van der Waals surface area (Å²) in [6.45, 7) is 5.64. The van der Waals surface area contributed by atoms with E-state index in [2.05, 4.69) is 11.8 Å². The Hall–Kier alpha value is -1.26. The lowest BCUT2D eigenvalue weighted by atomic mass is 10.1. The minimum atomic E-state index is 0.296. The Labute approximate surface area is 114 Å². The van der Waals surface area contributed by atoms with Gasteiger partial charge in [0, 0.05) is 31.3 Å². The van der Waals surface area contributed by atoms with Gasteiger partial charge in [0.05, 0.1) is 13.2 Å². The van der Waals surface area contributed by atoms with Crippen molar-refractivity contribution < 1.29 is 14.6 Å². The number of rotatable bonds is 6. The fourth-order valence-corrected chi connectivity index (χ4v) is 2.43. The van der Waals surface area contributed by atoms with Gasteiger partial charge in [-0.05, 0) is 25.5 Å². The summed E-state index contributed by atoms with van der Waals surface area (Å²) < 4.78 is 10.8. The van der Waals surface area contributed by atoms with Crippen molar-refractivity contribution in [3.05, 3.63) is 23.8 Å². The van der Waals surface area contributed by atoms with Gasteiger partial charge in [-0.2, -0.15) is 0 Å². The highest BCUT2D eigenvalue weighted by Gasteiger charge is 2.19. The summed E-state index contributed by atoms with van der Waals surface area (Å²) in [6.07, 6.45) is 2.65. The van der Waals surface area contributed by atoms with Gasteiger partial charge in [0.1, 0.15) is 11.5 Å². The first-order chi connectivity index (χ1) is 9.22. The predicted octanol–water partition coefficient (Wildman–Crippen LogP) is 2.40. The van der Waals surface area contributed by atoms with E-state index in [0.717, 1.165) is 44.6 Å². The second-order valence-electron chi connectivity index (χ2n) is 4.96. The highest BCUT2D eigenvalue weighted by molar-refractivity contribution is 5.39. The van der Waals surface area contributed by atoms with Gasteiger partial charge < -0.3 is 14.6 Å². The number of methoxy groups -OCH3 is 1. The normalized spacial score (nSPS) is 19.0. The van der Waals surface area contributed by atoms with Crippen molar-refractivity contribution in [2.45, 2.75) is 32.4 Å². The molecule has 1 aromatic carbocycles. The van der Waals surface area contributed by atoms with Crippen molar-refractivity contribution in [3.8, 4) is 11.5 Å². The van der Waals surface area contributed by atoms with Crippen molar-refractivity contribution in [2.24, 2.45) is 0 Å². The van der Waals surface area contributed by atoms with Crippen molar-refractivity contribution in [1.82, 2.24) is 4.90 Å². The molecular formula is C15H23NO3. The molecule has 1 aliphatic rings. The number of phenolic OH excluding ortho intramolecular Hbond substituents is 1. The van der Waals surface area contributed by atoms with Crippen LogP contribution in [0.1, 0.15) is 25.3 Å². The summed E-state index contributed by atoms with van der Waals surface area (Å²) in [5.41, 5.74) is 0.931. The lowest BCUT2D eigenvalue weighted by Crippen LogP contribution is -2.31. The molecule has 0 spiro atoms. The molecule has 1 fully saturated rings. The van der Waals surface area contributed by atoms with Crippen LogP contribution in [0.4, 0.5) is 0 Å². The van der Waals surface area contributed by atoms with E-state index in [-0.39, 0.29) is 0 Å². The van der Waals surface area contributed by atoms with Gasteiger partial charge in [0.2, 0.25) is 0 Å². The van der Waals surface area contributed by atoms with Gasteiger partial charge in [0.25, 0.3) is 0 Å². The molecule has 0 bridgehead atoms. The highest BCUT2D eigenvalue weighted by Crippen LogP contribution is 2.25. The SMILES string of the molecule is CCN(Cc1ccc(OC)cc1O)CC1CCCO1. The van der Waals surface area contributed by atoms with Gasteiger partial charge in [-0.15, -0.1) is 0 Å². The monoisotopic (exact) mass is 265 g/mol. The molecule has 1 saturated heterocycles. The van der Waals surface area contributed by atoms with Crippen LogP contribution in [-0.2, 0) is 11.3 Å². The van der Waals surface area contributed by atoms with Gasteiger partial charge in [0.15, 0.2) is 0 Å². The lowest BCUT2D eigenvalue weighted by Gasteiger charge is -2.24. The number of likely N-dealkylation sites (N-methyl/N-ethyl adjacent to an activating group) is 1. The molecule has 1 aromatic rings. The average molecular weight is 265 g/mol. The van der Waals surface area contributed by atoms with Gasteiger partial charge in [-0.25, -0.2) is 0 Å². The van der Waals surface area contributed by atoms with Gasteiger partial charge in [-0.3, -0.25) is 4.90 Å². The van der Waals surface area contributed by atoms with Crippen molar-refractivity contribution in [1.29, 1.82) is 0 Å². The molecule has 0 amide bonds. The molecule has 0 saturated carbocycles. The summed E-state index contributed by atoms with van der Waals surface area (Å²) in [5.74, 6) is 0.980. The van der Waals surface area contributed by atoms with Crippen LogP contribution in [0.5, 0.6) is 11.5 Å². The van der Waals surface area contributed by atoms with Crippen LogP contribution in [0.3, 0.4) is 0 Å². The second-order valence-corrected chi connectivity index (χ2v) is 4.96. The molecule has 4 heteroatoms. The topological polar surface area (TPSA) is 41.9 Å². The van der Waals surface area contributed by atoms with Crippen LogP contribution in [0.2, 0.25) is 0 Å². The third-order valence-corrected chi connectivity index (χ3v) is 3.62. The number of hydrogen-bond acceptors (Lipinski definition) is 4. The van der Waals surface area contributed by atoms with Crippen LogP contribution >= 0.6 is 0 Å². The van der Waals surface area contributed by atoms with Gasteiger partial charge >= 0.3 is 0 Å². The van der Waals surface area contributed by atoms with Crippen LogP contribution in [0.25, 0.3) is 0 Å². The Morgan fingerprint density at radius 1 is 1.47 bits per heavy atom. The zero-order valence-electron chi connectivity index (χ0n) is 11.8. The molecule has 0 radical (unpaired) electrons. The molecule has 1 N–H and O–H groups in total. The summed E-state index contributed by atoms with van der Waals surface area (Å²) in [6, 6.07) is 5.47. The molecule has 1 aliphatic heterocycles. The third-order valence-electron chi connectivity index (χ3n) is 3.62. The van der Waals surface area contributed by atoms with Crippen molar-refractivity contribution in [3.63, 3.8) is 0 Å². The first kappa shape index (κ1) is 14.2. The maximum absolute atomic E-state index is 9.99. The largest absolute Gasteiger partial charge is 0.507 e. The van der Waals surface area contributed by atoms with E-state index in [1.54, 1.807) is 13.2 Å². The fourth-order valence-electron chi connectivity index (χ4n) is 2.43. The van der Waals surface area contributed by atoms with E-state index in [0.29, 0.717) is 17.6 Å². The molecule has 106 valence electrons. The molecule has 1 heterocycles. The number of hydrogen-bond donors (Lipinski definition) is 1. The summed E-state index contributed by atoms with van der Waals surface area (Å²) in [5, 5.41) is 9.99. The Morgan fingerprint density at radius 2 is 2.32 bits per heavy atom. The van der Waals surface area contributed by atoms with Crippen molar-refractivity contribution >= 4 is 0 Å². The fraction of sp³-hybridized carbons (Fsp3) is 0.600. The van der Waals surface area contributed by atoms with Crippen molar-refractivity contribution in [2.75, 3.05) is 26.8 Å². The summed E-state index contributed by atoms with van der Waals surface area (Å²) in [7, 11) is 1.60. The van der Waals surface area contributed by atoms with Crippen LogP contribution < -0.4 is 4.74 Å². The molecule has 0 aromatic heterocycles. The first-order valence-corrected chi connectivity index (χ1v) is 6.92. The van der Waals surface area contributed by atoms with Crippen LogP contribution in [0, 0.1) is 0 Å². The molecule has 1 atom stereocenters. The second kappa shape index (κ2) is 6.78. The standard InChI is InChI=1S/C15H23NO3/c1-3-16(11-14-5-4-8-19-14)10-12-6-7-13(18-2)9-15(12)17/h6-7,9,14,17H,3-5,8,10-11H2,1-2H3. The van der Waals surface area contributed by atoms with Gasteiger partial charge in [-0.1, -0.05) is 13.0 Å². The van der Waals surface area contributed by atoms with E-state index >= 15 is 0 Å². The maximum atomic E-state index is 9.99. The zero-order chi connectivity index (χ0) is 13.7. The maximum Gasteiger partial charge on any atom is 0.123 e. The number of benzene rings is 1. The Kier molecular flexibility index (Phi) is 5.05. The predicted molar refractivity (Wildman–Crippen MR) is 74.6 cm³/mol.